The second-order valence-electron chi connectivity index (χ2n) is 3.88. The van der Waals surface area contributed by atoms with Crippen molar-refractivity contribution in [3.63, 3.8) is 0 Å². The van der Waals surface area contributed by atoms with Crippen molar-refractivity contribution in [1.29, 1.82) is 0 Å². The lowest BCUT2D eigenvalue weighted by Crippen LogP contribution is -2.15. The second kappa shape index (κ2) is 3.84. The topological polar surface area (TPSA) is 41.8 Å². The molecule has 74 valence electrons. The maximum atomic E-state index is 5.74. The Balaban J connectivity index is 2.25. The standard InChI is InChI=1S/C12H16N2/c1-9(13)6-7-10-8-14-12-5-3-2-4-11(10)12/h2-5,8-9,14H,6-7,13H2,1H3/t9-/m0/s1. The molecule has 0 aliphatic heterocycles. The molecular formula is C12H16N2. The quantitative estimate of drug-likeness (QED) is 0.763. The van der Waals surface area contributed by atoms with Crippen LogP contribution in [-0.4, -0.2) is 11.0 Å². The summed E-state index contributed by atoms with van der Waals surface area (Å²) in [7, 11) is 0. The Hall–Kier alpha value is -1.28. The predicted molar refractivity (Wildman–Crippen MR) is 60.3 cm³/mol. The van der Waals surface area contributed by atoms with E-state index in [4.69, 9.17) is 5.73 Å². The molecule has 0 saturated carbocycles. The molecule has 1 aromatic carbocycles. The van der Waals surface area contributed by atoms with E-state index in [1.54, 1.807) is 0 Å². The molecule has 1 heterocycles. The third-order valence-corrected chi connectivity index (χ3v) is 2.54. The van der Waals surface area contributed by atoms with E-state index >= 15 is 0 Å². The lowest BCUT2D eigenvalue weighted by Gasteiger charge is -2.03. The van der Waals surface area contributed by atoms with Gasteiger partial charge in [-0.1, -0.05) is 18.2 Å². The molecule has 0 saturated heterocycles. The number of para-hydroxylation sites is 1. The highest BCUT2D eigenvalue weighted by Gasteiger charge is 2.03. The summed E-state index contributed by atoms with van der Waals surface area (Å²) in [4.78, 5) is 3.27. The lowest BCUT2D eigenvalue weighted by atomic mass is 10.1. The summed E-state index contributed by atoms with van der Waals surface area (Å²) in [6.45, 7) is 2.05. The van der Waals surface area contributed by atoms with Crippen molar-refractivity contribution in [1.82, 2.24) is 4.98 Å². The predicted octanol–water partition coefficient (Wildman–Crippen LogP) is 2.45. The van der Waals surface area contributed by atoms with E-state index in [9.17, 15) is 0 Å². The van der Waals surface area contributed by atoms with Gasteiger partial charge in [-0.2, -0.15) is 0 Å². The third-order valence-electron chi connectivity index (χ3n) is 2.54. The molecule has 0 spiro atoms. The normalized spacial score (nSPS) is 13.3. The molecule has 2 rings (SSSR count). The van der Waals surface area contributed by atoms with Gasteiger partial charge in [0.1, 0.15) is 0 Å². The van der Waals surface area contributed by atoms with E-state index in [1.165, 1.54) is 16.5 Å². The molecule has 0 aliphatic rings. The van der Waals surface area contributed by atoms with E-state index < -0.39 is 0 Å². The number of aryl methyl sites for hydroxylation is 1. The molecule has 0 bridgehead atoms. The molecule has 1 atom stereocenters. The third kappa shape index (κ3) is 1.80. The molecule has 2 nitrogen and oxygen atoms in total. The average Bonchev–Trinajstić information content (AvgIpc) is 2.58. The van der Waals surface area contributed by atoms with Crippen molar-refractivity contribution < 1.29 is 0 Å². The number of hydrogen-bond donors (Lipinski definition) is 2. The van der Waals surface area contributed by atoms with Gasteiger partial charge in [-0.05, 0) is 31.4 Å². The molecule has 2 aromatic rings. The monoisotopic (exact) mass is 188 g/mol. The first-order valence-corrected chi connectivity index (χ1v) is 5.08. The van der Waals surface area contributed by atoms with Crippen LogP contribution in [0.15, 0.2) is 30.5 Å². The zero-order chi connectivity index (χ0) is 9.97. The van der Waals surface area contributed by atoms with Crippen molar-refractivity contribution in [2.45, 2.75) is 25.8 Å². The SMILES string of the molecule is C[C@H](N)CCc1c[nH]c2ccccc12. The van der Waals surface area contributed by atoms with Crippen LogP contribution < -0.4 is 5.73 Å². The maximum absolute atomic E-state index is 5.74. The van der Waals surface area contributed by atoms with Crippen LogP contribution in [0.2, 0.25) is 0 Å². The Labute approximate surface area is 84.1 Å². The number of fused-ring (bicyclic) bond motifs is 1. The molecule has 0 aliphatic carbocycles. The Morgan fingerprint density at radius 1 is 1.36 bits per heavy atom. The smallest absolute Gasteiger partial charge is 0.0456 e. The van der Waals surface area contributed by atoms with Crippen LogP contribution in [0.25, 0.3) is 10.9 Å². The summed E-state index contributed by atoms with van der Waals surface area (Å²) in [5.74, 6) is 0. The summed E-state index contributed by atoms with van der Waals surface area (Å²) in [6, 6.07) is 8.66. The largest absolute Gasteiger partial charge is 0.361 e. The van der Waals surface area contributed by atoms with Gasteiger partial charge in [0.05, 0.1) is 0 Å². The first-order chi connectivity index (χ1) is 6.77. The van der Waals surface area contributed by atoms with Crippen molar-refractivity contribution in [3.05, 3.63) is 36.0 Å². The van der Waals surface area contributed by atoms with Crippen LogP contribution in [0, 0.1) is 0 Å². The fourth-order valence-electron chi connectivity index (χ4n) is 1.72. The van der Waals surface area contributed by atoms with Gasteiger partial charge in [0.2, 0.25) is 0 Å². The first kappa shape index (κ1) is 9.28. The number of benzene rings is 1. The summed E-state index contributed by atoms with van der Waals surface area (Å²) >= 11 is 0. The summed E-state index contributed by atoms with van der Waals surface area (Å²) in [5.41, 5.74) is 8.33. The minimum atomic E-state index is 0.281. The molecule has 0 radical (unpaired) electrons. The Kier molecular flexibility index (Phi) is 2.55. The van der Waals surface area contributed by atoms with Gasteiger partial charge in [0.25, 0.3) is 0 Å². The average molecular weight is 188 g/mol. The number of hydrogen-bond acceptors (Lipinski definition) is 1. The van der Waals surface area contributed by atoms with Crippen LogP contribution >= 0.6 is 0 Å². The highest BCUT2D eigenvalue weighted by molar-refractivity contribution is 5.82. The van der Waals surface area contributed by atoms with E-state index in [0.29, 0.717) is 0 Å². The second-order valence-corrected chi connectivity index (χ2v) is 3.88. The Bertz CT molecular complexity index is 415. The lowest BCUT2D eigenvalue weighted by molar-refractivity contribution is 0.668. The van der Waals surface area contributed by atoms with Gasteiger partial charge in [0.15, 0.2) is 0 Å². The Morgan fingerprint density at radius 2 is 2.14 bits per heavy atom. The fourth-order valence-corrected chi connectivity index (χ4v) is 1.72. The Morgan fingerprint density at radius 3 is 2.93 bits per heavy atom. The molecule has 0 amide bonds. The molecule has 0 fully saturated rings. The van der Waals surface area contributed by atoms with Crippen LogP contribution in [-0.2, 0) is 6.42 Å². The molecule has 1 aromatic heterocycles. The highest BCUT2D eigenvalue weighted by atomic mass is 14.7. The summed E-state index contributed by atoms with van der Waals surface area (Å²) in [6.07, 6.45) is 4.19. The van der Waals surface area contributed by atoms with E-state index in [2.05, 4.69) is 36.3 Å². The molecular weight excluding hydrogens is 172 g/mol. The zero-order valence-electron chi connectivity index (χ0n) is 8.46. The zero-order valence-corrected chi connectivity index (χ0v) is 8.46. The van der Waals surface area contributed by atoms with Crippen LogP contribution in [0.3, 0.4) is 0 Å². The van der Waals surface area contributed by atoms with E-state index in [1.807, 2.05) is 6.07 Å². The van der Waals surface area contributed by atoms with Gasteiger partial charge >= 0.3 is 0 Å². The number of nitrogens with two attached hydrogens (primary N) is 1. The van der Waals surface area contributed by atoms with E-state index in [0.717, 1.165) is 12.8 Å². The minimum Gasteiger partial charge on any atom is -0.361 e. The van der Waals surface area contributed by atoms with Gasteiger partial charge in [-0.15, -0.1) is 0 Å². The maximum Gasteiger partial charge on any atom is 0.0456 e. The summed E-state index contributed by atoms with van der Waals surface area (Å²) in [5, 5.41) is 1.33. The van der Waals surface area contributed by atoms with Crippen molar-refractivity contribution in [2.24, 2.45) is 5.73 Å². The molecule has 14 heavy (non-hydrogen) atoms. The minimum absolute atomic E-state index is 0.281. The number of aromatic nitrogens is 1. The van der Waals surface area contributed by atoms with Crippen molar-refractivity contribution in [3.8, 4) is 0 Å². The van der Waals surface area contributed by atoms with Gasteiger partial charge in [-0.3, -0.25) is 0 Å². The van der Waals surface area contributed by atoms with Gasteiger partial charge in [-0.25, -0.2) is 0 Å². The van der Waals surface area contributed by atoms with Crippen LogP contribution in [0.5, 0.6) is 0 Å². The number of aromatic amines is 1. The molecule has 0 unspecified atom stereocenters. The fraction of sp³-hybridized carbons (Fsp3) is 0.333. The van der Waals surface area contributed by atoms with Crippen LogP contribution in [0.4, 0.5) is 0 Å². The number of H-pyrrole nitrogens is 1. The molecule has 2 heteroatoms. The molecule has 3 N–H and O–H groups in total. The number of rotatable bonds is 3. The first-order valence-electron chi connectivity index (χ1n) is 5.08. The number of nitrogens with one attached hydrogen (secondary N) is 1. The van der Waals surface area contributed by atoms with Gasteiger partial charge in [0, 0.05) is 23.1 Å². The van der Waals surface area contributed by atoms with Gasteiger partial charge < -0.3 is 10.7 Å². The van der Waals surface area contributed by atoms with Crippen LogP contribution in [0.1, 0.15) is 18.9 Å². The van der Waals surface area contributed by atoms with Crippen molar-refractivity contribution >= 4 is 10.9 Å². The highest BCUT2D eigenvalue weighted by Crippen LogP contribution is 2.19. The van der Waals surface area contributed by atoms with Crippen molar-refractivity contribution in [2.75, 3.05) is 0 Å². The van der Waals surface area contributed by atoms with E-state index in [-0.39, 0.29) is 6.04 Å². The summed E-state index contributed by atoms with van der Waals surface area (Å²) < 4.78 is 0.